The molecule has 0 spiro atoms. The number of nitrogens with one attached hydrogen (secondary N) is 2. The van der Waals surface area contributed by atoms with Crippen LogP contribution in [0.25, 0.3) is 0 Å². The van der Waals surface area contributed by atoms with E-state index in [9.17, 15) is 8.42 Å². The summed E-state index contributed by atoms with van der Waals surface area (Å²) in [6.07, 6.45) is 2.17. The van der Waals surface area contributed by atoms with Crippen LogP contribution in [0.5, 0.6) is 0 Å². The third-order valence-corrected chi connectivity index (χ3v) is 5.31. The molecule has 0 bridgehead atoms. The molecular weight excluding hydrogens is 312 g/mol. The largest absolute Gasteiger partial charge is 0.377 e. The van der Waals surface area contributed by atoms with Crippen molar-refractivity contribution in [2.75, 3.05) is 26.2 Å². The quantitative estimate of drug-likeness (QED) is 0.778. The fraction of sp³-hybridized carbons (Fsp3) is 0.571. The number of hydrogen-bond donors (Lipinski definition) is 2. The average Bonchev–Trinajstić information content (AvgIpc) is 2.47. The van der Waals surface area contributed by atoms with Crippen molar-refractivity contribution in [1.29, 1.82) is 0 Å². The van der Waals surface area contributed by atoms with Crippen molar-refractivity contribution in [3.05, 3.63) is 28.8 Å². The molecule has 1 heterocycles. The highest BCUT2D eigenvalue weighted by atomic mass is 35.5. The molecule has 2 rings (SSSR count). The van der Waals surface area contributed by atoms with Crippen molar-refractivity contribution in [2.24, 2.45) is 0 Å². The predicted octanol–water partition coefficient (Wildman–Crippen LogP) is 1.70. The maximum absolute atomic E-state index is 12.2. The summed E-state index contributed by atoms with van der Waals surface area (Å²) >= 11 is 5.86. The minimum Gasteiger partial charge on any atom is -0.377 e. The van der Waals surface area contributed by atoms with Gasteiger partial charge in [0.1, 0.15) is 0 Å². The molecule has 7 heteroatoms. The molecule has 0 atom stereocenters. The first-order valence-electron chi connectivity index (χ1n) is 7.07. The zero-order chi connectivity index (χ0) is 15.3. The van der Waals surface area contributed by atoms with Crippen LogP contribution in [-0.4, -0.2) is 40.8 Å². The second kappa shape index (κ2) is 7.56. The number of benzene rings is 1. The van der Waals surface area contributed by atoms with E-state index in [1.54, 1.807) is 19.1 Å². The molecule has 0 saturated carbocycles. The molecule has 1 aromatic rings. The topological polar surface area (TPSA) is 67.4 Å². The Balaban J connectivity index is 1.85. The van der Waals surface area contributed by atoms with Crippen molar-refractivity contribution in [3.8, 4) is 0 Å². The molecule has 0 amide bonds. The summed E-state index contributed by atoms with van der Waals surface area (Å²) < 4.78 is 32.7. The van der Waals surface area contributed by atoms with Crippen LogP contribution in [0.1, 0.15) is 18.4 Å². The maximum Gasteiger partial charge on any atom is 0.240 e. The molecule has 1 aliphatic rings. The zero-order valence-corrected chi connectivity index (χ0v) is 13.6. The molecule has 0 unspecified atom stereocenters. The van der Waals surface area contributed by atoms with Gasteiger partial charge in [-0.15, -0.1) is 0 Å². The third-order valence-electron chi connectivity index (χ3n) is 3.47. The van der Waals surface area contributed by atoms with Crippen LogP contribution in [0.15, 0.2) is 23.1 Å². The van der Waals surface area contributed by atoms with E-state index in [1.165, 1.54) is 6.07 Å². The van der Waals surface area contributed by atoms with Crippen molar-refractivity contribution in [2.45, 2.75) is 30.8 Å². The number of ether oxygens (including phenoxy) is 1. The highest BCUT2D eigenvalue weighted by molar-refractivity contribution is 7.89. The molecule has 0 radical (unpaired) electrons. The van der Waals surface area contributed by atoms with Crippen molar-refractivity contribution in [3.63, 3.8) is 0 Å². The molecule has 1 saturated heterocycles. The van der Waals surface area contributed by atoms with E-state index in [4.69, 9.17) is 16.3 Å². The molecule has 0 aliphatic carbocycles. The number of aryl methyl sites for hydroxylation is 1. The smallest absolute Gasteiger partial charge is 0.240 e. The lowest BCUT2D eigenvalue weighted by molar-refractivity contribution is 0.0367. The SMILES string of the molecule is Cc1ccc(Cl)cc1S(=O)(=O)NCCOC1CCNCC1. The Kier molecular flexibility index (Phi) is 6.01. The molecule has 2 N–H and O–H groups in total. The normalized spacial score (nSPS) is 17.0. The third kappa shape index (κ3) is 4.93. The fourth-order valence-electron chi connectivity index (χ4n) is 2.30. The van der Waals surface area contributed by atoms with Gasteiger partial charge in [0.05, 0.1) is 17.6 Å². The molecular formula is C14H21ClN2O3S. The Morgan fingerprint density at radius 2 is 2.10 bits per heavy atom. The first kappa shape index (κ1) is 16.7. The first-order chi connectivity index (χ1) is 9.99. The van der Waals surface area contributed by atoms with E-state index in [0.29, 0.717) is 17.2 Å². The lowest BCUT2D eigenvalue weighted by atomic mass is 10.1. The number of sulfonamides is 1. The summed E-state index contributed by atoms with van der Waals surface area (Å²) in [7, 11) is -3.54. The molecule has 5 nitrogen and oxygen atoms in total. The standard InChI is InChI=1S/C14H21ClN2O3S/c1-11-2-3-12(15)10-14(11)21(18,19)17-8-9-20-13-4-6-16-7-5-13/h2-3,10,13,16-17H,4-9H2,1H3. The Labute approximate surface area is 131 Å². The number of hydrogen-bond acceptors (Lipinski definition) is 4. The van der Waals surface area contributed by atoms with Crippen LogP contribution in [0.2, 0.25) is 5.02 Å². The van der Waals surface area contributed by atoms with Gasteiger partial charge in [0.2, 0.25) is 10.0 Å². The van der Waals surface area contributed by atoms with Crippen LogP contribution in [-0.2, 0) is 14.8 Å². The molecule has 1 aromatic carbocycles. The van der Waals surface area contributed by atoms with Crippen LogP contribution in [0.3, 0.4) is 0 Å². The van der Waals surface area contributed by atoms with E-state index >= 15 is 0 Å². The molecule has 1 aliphatic heterocycles. The maximum atomic E-state index is 12.2. The monoisotopic (exact) mass is 332 g/mol. The van der Waals surface area contributed by atoms with E-state index in [-0.39, 0.29) is 17.5 Å². The van der Waals surface area contributed by atoms with E-state index in [0.717, 1.165) is 25.9 Å². The predicted molar refractivity (Wildman–Crippen MR) is 83.2 cm³/mol. The highest BCUT2D eigenvalue weighted by Gasteiger charge is 2.17. The second-order valence-electron chi connectivity index (χ2n) is 5.13. The summed E-state index contributed by atoms with van der Waals surface area (Å²) in [5, 5.41) is 3.67. The summed E-state index contributed by atoms with van der Waals surface area (Å²) in [6.45, 7) is 4.30. The van der Waals surface area contributed by atoms with E-state index in [2.05, 4.69) is 10.0 Å². The number of rotatable bonds is 6. The molecule has 21 heavy (non-hydrogen) atoms. The molecule has 118 valence electrons. The molecule has 1 fully saturated rings. The summed E-state index contributed by atoms with van der Waals surface area (Å²) in [5.74, 6) is 0. The fourth-order valence-corrected chi connectivity index (χ4v) is 3.82. The molecule has 0 aromatic heterocycles. The van der Waals surface area contributed by atoms with Gasteiger partial charge in [-0.3, -0.25) is 0 Å². The van der Waals surface area contributed by atoms with E-state index in [1.807, 2.05) is 0 Å². The minimum absolute atomic E-state index is 0.219. The zero-order valence-electron chi connectivity index (χ0n) is 12.1. The van der Waals surface area contributed by atoms with Crippen molar-refractivity contribution in [1.82, 2.24) is 10.0 Å². The van der Waals surface area contributed by atoms with Gasteiger partial charge in [-0.05, 0) is 50.6 Å². The lowest BCUT2D eigenvalue weighted by Gasteiger charge is -2.23. The van der Waals surface area contributed by atoms with Crippen LogP contribution >= 0.6 is 11.6 Å². The summed E-state index contributed by atoms with van der Waals surface area (Å²) in [6, 6.07) is 4.84. The Morgan fingerprint density at radius 3 is 2.81 bits per heavy atom. The van der Waals surface area contributed by atoms with Gasteiger partial charge in [-0.2, -0.15) is 0 Å². The number of piperidine rings is 1. The Bertz CT molecular complexity index is 572. The minimum atomic E-state index is -3.54. The van der Waals surface area contributed by atoms with Crippen LogP contribution in [0.4, 0.5) is 0 Å². The van der Waals surface area contributed by atoms with Gasteiger partial charge >= 0.3 is 0 Å². The average molecular weight is 333 g/mol. The van der Waals surface area contributed by atoms with Gasteiger partial charge in [0.25, 0.3) is 0 Å². The highest BCUT2D eigenvalue weighted by Crippen LogP contribution is 2.19. The van der Waals surface area contributed by atoms with Crippen molar-refractivity contribution >= 4 is 21.6 Å². The summed E-state index contributed by atoms with van der Waals surface area (Å²) in [5.41, 5.74) is 0.672. The Hall–Kier alpha value is -0.660. The first-order valence-corrected chi connectivity index (χ1v) is 8.93. The second-order valence-corrected chi connectivity index (χ2v) is 7.30. The van der Waals surface area contributed by atoms with Gasteiger partial charge in [0.15, 0.2) is 0 Å². The van der Waals surface area contributed by atoms with Crippen LogP contribution in [0, 0.1) is 6.92 Å². The van der Waals surface area contributed by atoms with Gasteiger partial charge in [-0.1, -0.05) is 17.7 Å². The van der Waals surface area contributed by atoms with Gasteiger partial charge < -0.3 is 10.1 Å². The Morgan fingerprint density at radius 1 is 1.38 bits per heavy atom. The van der Waals surface area contributed by atoms with Gasteiger partial charge in [0, 0.05) is 11.6 Å². The van der Waals surface area contributed by atoms with Crippen LogP contribution < -0.4 is 10.0 Å². The van der Waals surface area contributed by atoms with Gasteiger partial charge in [-0.25, -0.2) is 13.1 Å². The van der Waals surface area contributed by atoms with E-state index < -0.39 is 10.0 Å². The lowest BCUT2D eigenvalue weighted by Crippen LogP contribution is -2.34. The van der Waals surface area contributed by atoms with Crippen molar-refractivity contribution < 1.29 is 13.2 Å². The number of halogens is 1. The summed E-state index contributed by atoms with van der Waals surface area (Å²) in [4.78, 5) is 0.219.